The van der Waals surface area contributed by atoms with Gasteiger partial charge in [-0.2, -0.15) is 0 Å². The number of benzene rings is 2. The van der Waals surface area contributed by atoms with Gasteiger partial charge in [-0.3, -0.25) is 0 Å². The van der Waals surface area contributed by atoms with E-state index in [-0.39, 0.29) is 18.0 Å². The van der Waals surface area contributed by atoms with Gasteiger partial charge in [-0.25, -0.2) is 4.39 Å². The van der Waals surface area contributed by atoms with E-state index in [1.165, 1.54) is 17.0 Å². The van der Waals surface area contributed by atoms with Crippen molar-refractivity contribution in [3.05, 3.63) is 59.9 Å². The number of hydrogen-bond acceptors (Lipinski definition) is 3. The van der Waals surface area contributed by atoms with Gasteiger partial charge in [0.05, 0.1) is 0 Å². The van der Waals surface area contributed by atoms with Gasteiger partial charge in [-0.1, -0.05) is 24.3 Å². The Kier molecular flexibility index (Phi) is 4.46. The molecule has 0 aliphatic carbocycles. The Morgan fingerprint density at radius 2 is 2.00 bits per heavy atom. The molecule has 2 aromatic carbocycles. The lowest BCUT2D eigenvalue weighted by atomic mass is 10.0. The van der Waals surface area contributed by atoms with Gasteiger partial charge in [0.2, 0.25) is 0 Å². The van der Waals surface area contributed by atoms with Crippen molar-refractivity contribution in [2.24, 2.45) is 0 Å². The average Bonchev–Trinajstić information content (AvgIpc) is 2.54. The zero-order valence-electron chi connectivity index (χ0n) is 11.9. The molecule has 1 aliphatic rings. The average molecular weight is 303 g/mol. The van der Waals surface area contributed by atoms with Crippen molar-refractivity contribution < 1.29 is 9.13 Å². The zero-order chi connectivity index (χ0) is 14.7. The third-order valence-electron chi connectivity index (χ3n) is 3.72. The van der Waals surface area contributed by atoms with E-state index in [0.717, 1.165) is 23.5 Å². The molecule has 0 amide bonds. The minimum atomic E-state index is -0.196. The lowest BCUT2D eigenvalue weighted by molar-refractivity contribution is 0.169. The lowest BCUT2D eigenvalue weighted by Gasteiger charge is -2.31. The fourth-order valence-electron chi connectivity index (χ4n) is 2.53. The Bertz CT molecular complexity index is 602. The maximum Gasteiger partial charge on any atom is 0.133 e. The predicted octanol–water partition coefficient (Wildman–Crippen LogP) is 3.51. The van der Waals surface area contributed by atoms with E-state index >= 15 is 0 Å². The van der Waals surface area contributed by atoms with Crippen molar-refractivity contribution in [2.45, 2.75) is 23.5 Å². The van der Waals surface area contributed by atoms with E-state index in [4.69, 9.17) is 4.74 Å². The first kappa shape index (κ1) is 14.4. The quantitative estimate of drug-likeness (QED) is 0.934. The Labute approximate surface area is 128 Å². The van der Waals surface area contributed by atoms with E-state index in [1.54, 1.807) is 0 Å². The molecule has 0 fully saturated rings. The third kappa shape index (κ3) is 3.39. The van der Waals surface area contributed by atoms with E-state index < -0.39 is 0 Å². The number of rotatable bonds is 4. The second-order valence-electron chi connectivity index (χ2n) is 5.14. The molecular formula is C17H18FNOS. The van der Waals surface area contributed by atoms with Crippen LogP contribution in [0.1, 0.15) is 5.56 Å². The third-order valence-corrected chi connectivity index (χ3v) is 4.86. The predicted molar refractivity (Wildman–Crippen MR) is 84.5 cm³/mol. The zero-order valence-corrected chi connectivity index (χ0v) is 12.7. The van der Waals surface area contributed by atoms with Crippen LogP contribution in [-0.2, 0) is 6.42 Å². The summed E-state index contributed by atoms with van der Waals surface area (Å²) in [6, 6.07) is 15.0. The number of likely N-dealkylation sites (N-methyl/N-ethyl adjacent to an activating group) is 1. The van der Waals surface area contributed by atoms with Gasteiger partial charge in [-0.05, 0) is 43.3 Å². The lowest BCUT2D eigenvalue weighted by Crippen LogP contribution is -2.45. The molecule has 0 aromatic heterocycles. The van der Waals surface area contributed by atoms with Crippen LogP contribution in [0.3, 0.4) is 0 Å². The van der Waals surface area contributed by atoms with Gasteiger partial charge < -0.3 is 10.1 Å². The number of hydrogen-bond donors (Lipinski definition) is 1. The molecular weight excluding hydrogens is 285 g/mol. The summed E-state index contributed by atoms with van der Waals surface area (Å²) in [6.45, 7) is 0. The highest BCUT2D eigenvalue weighted by atomic mass is 32.2. The fourth-order valence-corrected chi connectivity index (χ4v) is 3.61. The molecule has 2 aromatic rings. The molecule has 21 heavy (non-hydrogen) atoms. The standard InChI is InChI=1S/C17H18FNOS/c1-19-14(10-12-6-8-13(18)9-7-12)16-11-21-17-5-3-2-4-15(17)20-16/h2-9,14,16,19H,10-11H2,1H3. The molecule has 3 rings (SSSR count). The smallest absolute Gasteiger partial charge is 0.133 e. The number of halogens is 1. The summed E-state index contributed by atoms with van der Waals surface area (Å²) in [6.07, 6.45) is 0.935. The maximum atomic E-state index is 13.0. The monoisotopic (exact) mass is 303 g/mol. The Morgan fingerprint density at radius 3 is 2.76 bits per heavy atom. The van der Waals surface area contributed by atoms with Crippen molar-refractivity contribution in [3.8, 4) is 5.75 Å². The number of thioether (sulfide) groups is 1. The number of fused-ring (bicyclic) bond motifs is 1. The fraction of sp³-hybridized carbons (Fsp3) is 0.294. The number of para-hydroxylation sites is 1. The van der Waals surface area contributed by atoms with Crippen LogP contribution in [-0.4, -0.2) is 24.9 Å². The van der Waals surface area contributed by atoms with Gasteiger partial charge in [0.25, 0.3) is 0 Å². The maximum absolute atomic E-state index is 13.0. The molecule has 2 unspecified atom stereocenters. The van der Waals surface area contributed by atoms with Crippen LogP contribution in [0.2, 0.25) is 0 Å². The summed E-state index contributed by atoms with van der Waals surface area (Å²) >= 11 is 1.83. The first-order chi connectivity index (χ1) is 10.3. The molecule has 2 atom stereocenters. The molecule has 2 nitrogen and oxygen atoms in total. The summed E-state index contributed by atoms with van der Waals surface area (Å²) in [5.41, 5.74) is 1.11. The first-order valence-corrected chi connectivity index (χ1v) is 8.05. The highest BCUT2D eigenvalue weighted by Gasteiger charge is 2.27. The summed E-state index contributed by atoms with van der Waals surface area (Å²) in [7, 11) is 1.95. The normalized spacial score (nSPS) is 18.7. The summed E-state index contributed by atoms with van der Waals surface area (Å²) in [5.74, 6) is 1.68. The van der Waals surface area contributed by atoms with Crippen LogP contribution in [0.4, 0.5) is 4.39 Å². The van der Waals surface area contributed by atoms with E-state index in [1.807, 2.05) is 49.1 Å². The van der Waals surface area contributed by atoms with Crippen LogP contribution in [0.15, 0.2) is 53.4 Å². The Hall–Kier alpha value is -1.52. The molecule has 4 heteroatoms. The largest absolute Gasteiger partial charge is 0.487 e. The van der Waals surface area contributed by atoms with Crippen LogP contribution >= 0.6 is 11.8 Å². The van der Waals surface area contributed by atoms with Crippen molar-refractivity contribution >= 4 is 11.8 Å². The van der Waals surface area contributed by atoms with Gasteiger partial charge in [0, 0.05) is 16.7 Å². The molecule has 0 bridgehead atoms. The van der Waals surface area contributed by atoms with Crippen molar-refractivity contribution in [1.82, 2.24) is 5.32 Å². The molecule has 1 heterocycles. The van der Waals surface area contributed by atoms with Gasteiger partial charge in [0.1, 0.15) is 17.7 Å². The molecule has 1 N–H and O–H groups in total. The van der Waals surface area contributed by atoms with Gasteiger partial charge in [0.15, 0.2) is 0 Å². The van der Waals surface area contributed by atoms with Crippen LogP contribution in [0.5, 0.6) is 5.75 Å². The minimum absolute atomic E-state index is 0.111. The molecule has 110 valence electrons. The molecule has 0 spiro atoms. The summed E-state index contributed by atoms with van der Waals surface area (Å²) in [4.78, 5) is 1.20. The SMILES string of the molecule is CNC(Cc1ccc(F)cc1)C1CSc2ccccc2O1. The van der Waals surface area contributed by atoms with Crippen molar-refractivity contribution in [3.63, 3.8) is 0 Å². The first-order valence-electron chi connectivity index (χ1n) is 7.06. The minimum Gasteiger partial charge on any atom is -0.487 e. The molecule has 0 saturated heterocycles. The van der Waals surface area contributed by atoms with Crippen LogP contribution in [0, 0.1) is 5.82 Å². The van der Waals surface area contributed by atoms with Crippen LogP contribution in [0.25, 0.3) is 0 Å². The van der Waals surface area contributed by atoms with E-state index in [2.05, 4.69) is 11.4 Å². The number of ether oxygens (including phenoxy) is 1. The Balaban J connectivity index is 1.71. The second-order valence-corrected chi connectivity index (χ2v) is 6.20. The Morgan fingerprint density at radius 1 is 1.24 bits per heavy atom. The number of nitrogens with one attached hydrogen (secondary N) is 1. The van der Waals surface area contributed by atoms with Gasteiger partial charge >= 0.3 is 0 Å². The molecule has 0 saturated carbocycles. The highest BCUT2D eigenvalue weighted by molar-refractivity contribution is 7.99. The van der Waals surface area contributed by atoms with E-state index in [9.17, 15) is 4.39 Å². The van der Waals surface area contributed by atoms with Crippen molar-refractivity contribution in [1.29, 1.82) is 0 Å². The van der Waals surface area contributed by atoms with Crippen LogP contribution < -0.4 is 10.1 Å². The summed E-state index contributed by atoms with van der Waals surface area (Å²) < 4.78 is 19.1. The summed E-state index contributed by atoms with van der Waals surface area (Å²) in [5, 5.41) is 3.33. The van der Waals surface area contributed by atoms with E-state index in [0.29, 0.717) is 0 Å². The van der Waals surface area contributed by atoms with Gasteiger partial charge in [-0.15, -0.1) is 11.8 Å². The topological polar surface area (TPSA) is 21.3 Å². The molecule has 0 radical (unpaired) electrons. The highest BCUT2D eigenvalue weighted by Crippen LogP contribution is 2.36. The van der Waals surface area contributed by atoms with Crippen molar-refractivity contribution in [2.75, 3.05) is 12.8 Å². The second kappa shape index (κ2) is 6.50. The molecule has 1 aliphatic heterocycles.